The summed E-state index contributed by atoms with van der Waals surface area (Å²) in [6, 6.07) is 15.9. The molecule has 4 N–H and O–H groups in total. The van der Waals surface area contributed by atoms with Gasteiger partial charge in [0.2, 0.25) is 0 Å². The molecule has 0 radical (unpaired) electrons. The number of aromatic nitrogens is 2. The second-order valence-electron chi connectivity index (χ2n) is 7.73. The van der Waals surface area contributed by atoms with Crippen molar-refractivity contribution in [2.45, 2.75) is 13.8 Å². The Morgan fingerprint density at radius 2 is 1.80 bits per heavy atom. The number of hydrogen-bond acceptors (Lipinski definition) is 4. The Hall–Kier alpha value is -4.66. The van der Waals surface area contributed by atoms with Gasteiger partial charge in [0.25, 0.3) is 5.91 Å². The lowest BCUT2D eigenvalue weighted by molar-refractivity contribution is 0.0956. The summed E-state index contributed by atoms with van der Waals surface area (Å²) < 4.78 is 19.8. The second kappa shape index (κ2) is 10.5. The fourth-order valence-corrected chi connectivity index (χ4v) is 3.32. The van der Waals surface area contributed by atoms with Crippen LogP contribution in [0, 0.1) is 12.7 Å². The van der Waals surface area contributed by atoms with Crippen LogP contribution in [-0.4, -0.2) is 28.5 Å². The number of urea groups is 1. The Bertz CT molecular complexity index is 1350. The number of hydrogen-bond donors (Lipinski definition) is 4. The molecule has 0 unspecified atom stereocenters. The van der Waals surface area contributed by atoms with Crippen LogP contribution in [0.15, 0.2) is 73.1 Å². The molecular formula is C26H24FN5O3. The van der Waals surface area contributed by atoms with Crippen molar-refractivity contribution >= 4 is 23.3 Å². The summed E-state index contributed by atoms with van der Waals surface area (Å²) in [6.07, 6.45) is 3.24. The van der Waals surface area contributed by atoms with Crippen LogP contribution in [0.25, 0.3) is 11.4 Å². The van der Waals surface area contributed by atoms with Gasteiger partial charge in [-0.1, -0.05) is 6.07 Å². The van der Waals surface area contributed by atoms with E-state index in [1.807, 2.05) is 13.8 Å². The minimum Gasteiger partial charge on any atom is -0.457 e. The number of nitrogens with zero attached hydrogens (tertiary/aromatic N) is 1. The molecule has 4 rings (SSSR count). The first-order chi connectivity index (χ1) is 16.9. The van der Waals surface area contributed by atoms with E-state index in [0.717, 1.165) is 5.56 Å². The number of carbonyl (C=O) groups is 2. The van der Waals surface area contributed by atoms with Gasteiger partial charge in [0.15, 0.2) is 0 Å². The summed E-state index contributed by atoms with van der Waals surface area (Å²) in [4.78, 5) is 31.6. The van der Waals surface area contributed by atoms with Gasteiger partial charge >= 0.3 is 6.03 Å². The van der Waals surface area contributed by atoms with Crippen LogP contribution in [0.4, 0.5) is 20.6 Å². The van der Waals surface area contributed by atoms with E-state index in [2.05, 4.69) is 25.9 Å². The normalized spacial score (nSPS) is 10.5. The molecule has 0 atom stereocenters. The third kappa shape index (κ3) is 6.02. The molecule has 0 spiro atoms. The Morgan fingerprint density at radius 3 is 2.57 bits per heavy atom. The van der Waals surface area contributed by atoms with E-state index in [-0.39, 0.29) is 11.6 Å². The van der Waals surface area contributed by atoms with Gasteiger partial charge in [-0.05, 0) is 67.9 Å². The van der Waals surface area contributed by atoms with Gasteiger partial charge in [0, 0.05) is 30.7 Å². The standard InChI is InChI=1S/C26H24FN5O3/c1-3-28-25(33)17-13-23(30-15-17)24-14-20(10-11-29-24)35-19-7-5-18(6-8-19)31-26(34)32-22-12-16(2)4-9-21(22)27/h4-15,30H,3H2,1-2H3,(H,28,33)(H2,31,32,34). The number of ether oxygens (including phenoxy) is 1. The average molecular weight is 474 g/mol. The van der Waals surface area contributed by atoms with E-state index in [4.69, 9.17) is 4.74 Å². The van der Waals surface area contributed by atoms with Crippen molar-refractivity contribution in [2.24, 2.45) is 0 Å². The monoisotopic (exact) mass is 473 g/mol. The Kier molecular flexibility index (Phi) is 7.06. The molecule has 2 aromatic heterocycles. The number of carbonyl (C=O) groups excluding carboxylic acids is 2. The van der Waals surface area contributed by atoms with Gasteiger partial charge in [0.05, 0.1) is 22.6 Å². The first-order valence-electron chi connectivity index (χ1n) is 11.0. The van der Waals surface area contributed by atoms with E-state index >= 15 is 0 Å². The number of anilines is 2. The molecule has 9 heteroatoms. The first-order valence-corrected chi connectivity index (χ1v) is 11.0. The van der Waals surface area contributed by atoms with Crippen LogP contribution in [0.2, 0.25) is 0 Å². The molecule has 2 aromatic carbocycles. The molecule has 0 saturated heterocycles. The van der Waals surface area contributed by atoms with Crippen LogP contribution in [0.1, 0.15) is 22.8 Å². The second-order valence-corrected chi connectivity index (χ2v) is 7.73. The van der Waals surface area contributed by atoms with Crippen molar-refractivity contribution in [3.63, 3.8) is 0 Å². The van der Waals surface area contributed by atoms with Crippen LogP contribution < -0.4 is 20.7 Å². The van der Waals surface area contributed by atoms with Gasteiger partial charge in [-0.15, -0.1) is 0 Å². The smallest absolute Gasteiger partial charge is 0.323 e. The lowest BCUT2D eigenvalue weighted by Crippen LogP contribution is -2.21. The summed E-state index contributed by atoms with van der Waals surface area (Å²) in [5.74, 6) is 0.435. The zero-order chi connectivity index (χ0) is 24.8. The maximum absolute atomic E-state index is 13.9. The number of H-pyrrole nitrogens is 1. The van der Waals surface area contributed by atoms with Gasteiger partial charge in [0.1, 0.15) is 17.3 Å². The Morgan fingerprint density at radius 1 is 1.00 bits per heavy atom. The van der Waals surface area contributed by atoms with Crippen LogP contribution >= 0.6 is 0 Å². The van der Waals surface area contributed by atoms with E-state index in [0.29, 0.717) is 40.7 Å². The molecule has 3 amide bonds. The van der Waals surface area contributed by atoms with Crippen molar-refractivity contribution in [1.29, 1.82) is 0 Å². The Labute approximate surface area is 201 Å². The van der Waals surface area contributed by atoms with E-state index in [1.165, 1.54) is 6.07 Å². The van der Waals surface area contributed by atoms with Gasteiger partial charge in [-0.25, -0.2) is 9.18 Å². The molecule has 0 aliphatic carbocycles. The SMILES string of the molecule is CCNC(=O)c1c[nH]c(-c2cc(Oc3ccc(NC(=O)Nc4cc(C)ccc4F)cc3)ccn2)c1. The summed E-state index contributed by atoms with van der Waals surface area (Å²) >= 11 is 0. The molecule has 0 saturated carbocycles. The van der Waals surface area contributed by atoms with Crippen molar-refractivity contribution in [2.75, 3.05) is 17.2 Å². The fraction of sp³-hybridized carbons (Fsp3) is 0.115. The van der Waals surface area contributed by atoms with Crippen molar-refractivity contribution < 1.29 is 18.7 Å². The predicted molar refractivity (Wildman–Crippen MR) is 132 cm³/mol. The largest absolute Gasteiger partial charge is 0.457 e. The number of aryl methyl sites for hydroxylation is 1. The van der Waals surface area contributed by atoms with Crippen molar-refractivity contribution in [1.82, 2.24) is 15.3 Å². The topological polar surface area (TPSA) is 108 Å². The summed E-state index contributed by atoms with van der Waals surface area (Å²) in [5.41, 5.74) is 3.29. The van der Waals surface area contributed by atoms with Crippen LogP contribution in [0.3, 0.4) is 0 Å². The number of rotatable bonds is 7. The molecule has 8 nitrogen and oxygen atoms in total. The lowest BCUT2D eigenvalue weighted by Gasteiger charge is -2.10. The number of amides is 3. The van der Waals surface area contributed by atoms with E-state index in [1.54, 1.807) is 67.0 Å². The maximum atomic E-state index is 13.9. The average Bonchev–Trinajstić information content (AvgIpc) is 3.34. The zero-order valence-electron chi connectivity index (χ0n) is 19.2. The number of aromatic amines is 1. The minimum atomic E-state index is -0.556. The first kappa shape index (κ1) is 23.5. The molecule has 0 aliphatic rings. The number of nitrogens with one attached hydrogen (secondary N) is 4. The maximum Gasteiger partial charge on any atom is 0.323 e. The number of pyridine rings is 1. The molecule has 4 aromatic rings. The third-order valence-corrected chi connectivity index (χ3v) is 5.01. The highest BCUT2D eigenvalue weighted by atomic mass is 19.1. The van der Waals surface area contributed by atoms with E-state index < -0.39 is 11.8 Å². The third-order valence-electron chi connectivity index (χ3n) is 5.01. The van der Waals surface area contributed by atoms with Gasteiger partial charge in [-0.3, -0.25) is 9.78 Å². The highest BCUT2D eigenvalue weighted by Gasteiger charge is 2.11. The molecule has 178 valence electrons. The zero-order valence-corrected chi connectivity index (χ0v) is 19.2. The van der Waals surface area contributed by atoms with Crippen molar-refractivity contribution in [3.05, 3.63) is 90.0 Å². The van der Waals surface area contributed by atoms with Gasteiger partial charge in [-0.2, -0.15) is 0 Å². The summed E-state index contributed by atoms with van der Waals surface area (Å²) in [7, 11) is 0. The quantitative estimate of drug-likeness (QED) is 0.276. The highest BCUT2D eigenvalue weighted by Crippen LogP contribution is 2.27. The number of halogens is 1. The van der Waals surface area contributed by atoms with Crippen molar-refractivity contribution in [3.8, 4) is 22.9 Å². The van der Waals surface area contributed by atoms with Crippen LogP contribution in [-0.2, 0) is 0 Å². The summed E-state index contributed by atoms with van der Waals surface area (Å²) in [5, 5.41) is 7.91. The number of benzene rings is 2. The Balaban J connectivity index is 1.38. The predicted octanol–water partition coefficient (Wildman–Crippen LogP) is 5.71. The highest BCUT2D eigenvalue weighted by molar-refractivity contribution is 6.00. The van der Waals surface area contributed by atoms with Gasteiger partial charge < -0.3 is 25.7 Å². The molecule has 0 aliphatic heterocycles. The molecule has 2 heterocycles. The fourth-order valence-electron chi connectivity index (χ4n) is 3.32. The van der Waals surface area contributed by atoms with Crippen LogP contribution in [0.5, 0.6) is 11.5 Å². The molecule has 0 bridgehead atoms. The summed E-state index contributed by atoms with van der Waals surface area (Å²) in [6.45, 7) is 4.22. The molecule has 0 fully saturated rings. The molecule has 35 heavy (non-hydrogen) atoms. The molecular weight excluding hydrogens is 449 g/mol. The van der Waals surface area contributed by atoms with E-state index in [9.17, 15) is 14.0 Å². The lowest BCUT2D eigenvalue weighted by atomic mass is 10.2. The minimum absolute atomic E-state index is 0.108.